The minimum atomic E-state index is -1.62. The number of amides is 2. The molecule has 1 aliphatic carbocycles. The molecule has 3 heterocycles. The van der Waals surface area contributed by atoms with E-state index in [0.717, 1.165) is 49.7 Å². The van der Waals surface area contributed by atoms with Crippen molar-refractivity contribution >= 4 is 29.8 Å². The van der Waals surface area contributed by atoms with Gasteiger partial charge >= 0.3 is 11.9 Å². The molecule has 336 valence electrons. The van der Waals surface area contributed by atoms with E-state index in [9.17, 15) is 24.6 Å². The van der Waals surface area contributed by atoms with Gasteiger partial charge in [-0.1, -0.05) is 63.8 Å². The van der Waals surface area contributed by atoms with Crippen LogP contribution in [0, 0.1) is 5.41 Å². The summed E-state index contributed by atoms with van der Waals surface area (Å²) >= 11 is 0. The van der Waals surface area contributed by atoms with Gasteiger partial charge < -0.3 is 49.6 Å². The number of nitrogens with zero attached hydrogens (tertiary/aromatic N) is 1. The van der Waals surface area contributed by atoms with Crippen molar-refractivity contribution in [3.05, 3.63) is 41.7 Å². The van der Waals surface area contributed by atoms with Crippen LogP contribution in [0.3, 0.4) is 0 Å². The summed E-state index contributed by atoms with van der Waals surface area (Å²) in [5.74, 6) is -3.64. The van der Waals surface area contributed by atoms with Gasteiger partial charge in [0, 0.05) is 25.7 Å². The van der Waals surface area contributed by atoms with Crippen LogP contribution < -0.4 is 10.6 Å². The molecule has 16 nitrogen and oxygen atoms in total. The number of nitrogens with one attached hydrogen (secondary N) is 2. The summed E-state index contributed by atoms with van der Waals surface area (Å²) in [6, 6.07) is 3.81. The van der Waals surface area contributed by atoms with Gasteiger partial charge in [-0.25, -0.2) is 0 Å². The van der Waals surface area contributed by atoms with Gasteiger partial charge in [0.1, 0.15) is 48.1 Å². The van der Waals surface area contributed by atoms with E-state index in [1.165, 1.54) is 18.2 Å². The van der Waals surface area contributed by atoms with Crippen molar-refractivity contribution in [2.24, 2.45) is 5.41 Å². The number of esters is 2. The molecule has 5 rings (SSSR count). The fraction of sp³-hybridized carbons (Fsp3) is 0.727. The maximum atomic E-state index is 15.1. The maximum absolute atomic E-state index is 15.1. The molecule has 4 aliphatic rings. The van der Waals surface area contributed by atoms with Gasteiger partial charge in [-0.3, -0.25) is 24.0 Å². The van der Waals surface area contributed by atoms with Crippen LogP contribution >= 0.6 is 0 Å². The zero-order valence-corrected chi connectivity index (χ0v) is 36.1. The lowest BCUT2D eigenvalue weighted by Gasteiger charge is -2.49. The Morgan fingerprint density at radius 2 is 1.67 bits per heavy atom. The number of aliphatic hydroxyl groups excluding tert-OH is 3. The summed E-state index contributed by atoms with van der Waals surface area (Å²) in [7, 11) is 0. The summed E-state index contributed by atoms with van der Waals surface area (Å²) in [5.41, 5.74) is -0.732. The predicted octanol–water partition coefficient (Wildman–Crippen LogP) is 3.57. The second kappa shape index (κ2) is 21.0. The van der Waals surface area contributed by atoms with E-state index in [0.29, 0.717) is 12.8 Å². The molecule has 9 atom stereocenters. The molecule has 0 spiro atoms. The average molecular weight is 846 g/mol. The maximum Gasteiger partial charge on any atom is 0.327 e. The van der Waals surface area contributed by atoms with Crippen molar-refractivity contribution in [3.63, 3.8) is 0 Å². The Hall–Kier alpha value is -3.64. The molecular weight excluding hydrogens is 778 g/mol. The molecule has 1 aromatic carbocycles. The van der Waals surface area contributed by atoms with Crippen molar-refractivity contribution in [2.75, 3.05) is 19.8 Å². The lowest BCUT2D eigenvalue weighted by Crippen LogP contribution is -2.71. The zero-order valence-electron chi connectivity index (χ0n) is 36.1. The number of aliphatic hydroxyl groups is 3. The first-order valence-corrected chi connectivity index (χ1v) is 21.7. The second-order valence-electron chi connectivity index (χ2n) is 17.6. The minimum absolute atomic E-state index is 0.0157. The number of fused-ring (bicyclic) bond motifs is 4. The van der Waals surface area contributed by atoms with E-state index in [4.69, 9.17) is 33.6 Å². The Morgan fingerprint density at radius 3 is 2.27 bits per heavy atom. The Kier molecular flexibility index (Phi) is 16.6. The normalized spacial score (nSPS) is 27.1. The number of carbonyl (C=O) groups excluding carboxylic acids is 4. The number of rotatable bonds is 23. The van der Waals surface area contributed by atoms with Crippen LogP contribution in [0.5, 0.6) is 0 Å². The number of hydroxylamine groups is 2. The molecule has 0 radical (unpaired) electrons. The highest BCUT2D eigenvalue weighted by molar-refractivity contribution is 5.96. The molecule has 0 aromatic heterocycles. The van der Waals surface area contributed by atoms with Gasteiger partial charge in [0.15, 0.2) is 11.8 Å². The standard InChI is InChI=1S/C44H67N3O13/c1-7-9-11-20-43(21-12-10-8-2)58-35-32-25-44(41(54)46-34(28(3)50)39(52)45-31(27-49)17-18-33(51)57-42(4,5)6)37(40(53)56-32)47(60-38(44)36(35)59-43)26-30-15-13-29(14-16-30)19-23-55-24-22-48/h13-16,19,23,28,31-32,34-38,48-50H,7-12,17-18,20-22,24-27H2,1-6H3,(H,45,52)(H,46,54)/t28-,31-,32+,34+,35-,36-,37-,38+,44-/m0/s1. The van der Waals surface area contributed by atoms with Crippen molar-refractivity contribution in [3.8, 4) is 0 Å². The first kappa shape index (κ1) is 47.4. The SMILES string of the molecule is CCCCCC1(CCCCC)O[C@@H]2[C@H](O1)[C@H]1ON(Cc3ccc(C=COCCO)cc3)[C@H]3C(=O)O[C@@H]2C[C@@]13C(=O)N[C@@H](C(=O)N[C@H](CO)CCC(=O)OC(C)(C)C)[C@H](C)O. The van der Waals surface area contributed by atoms with Gasteiger partial charge in [0.2, 0.25) is 11.8 Å². The molecule has 5 N–H and O–H groups in total. The molecule has 60 heavy (non-hydrogen) atoms. The molecule has 1 aromatic rings. The Bertz CT molecular complexity index is 1620. The van der Waals surface area contributed by atoms with E-state index in [-0.39, 0.29) is 39.0 Å². The lowest BCUT2D eigenvalue weighted by molar-refractivity contribution is -0.224. The third kappa shape index (κ3) is 11.2. The Morgan fingerprint density at radius 1 is 1.00 bits per heavy atom. The van der Waals surface area contributed by atoms with E-state index in [2.05, 4.69) is 24.5 Å². The lowest BCUT2D eigenvalue weighted by atomic mass is 9.62. The quantitative estimate of drug-likeness (QED) is 0.0606. The average Bonchev–Trinajstić information content (AvgIpc) is 3.75. The minimum Gasteiger partial charge on any atom is -0.499 e. The van der Waals surface area contributed by atoms with Crippen LogP contribution in [0.1, 0.15) is 123 Å². The van der Waals surface area contributed by atoms with Crippen molar-refractivity contribution in [2.45, 2.75) is 179 Å². The van der Waals surface area contributed by atoms with Crippen LogP contribution in [-0.2, 0) is 54.2 Å². The predicted molar refractivity (Wildman–Crippen MR) is 218 cm³/mol. The second-order valence-corrected chi connectivity index (χ2v) is 17.6. The zero-order chi connectivity index (χ0) is 43.7. The highest BCUT2D eigenvalue weighted by atomic mass is 16.8. The number of benzene rings is 1. The summed E-state index contributed by atoms with van der Waals surface area (Å²) in [5, 5.41) is 36.9. The molecule has 2 bridgehead atoms. The van der Waals surface area contributed by atoms with Gasteiger partial charge in [-0.15, -0.1) is 0 Å². The highest BCUT2D eigenvalue weighted by Gasteiger charge is 2.76. The Labute approximate surface area is 353 Å². The molecular formula is C44H67N3O13. The molecule has 4 fully saturated rings. The highest BCUT2D eigenvalue weighted by Crippen LogP contribution is 2.58. The number of carbonyl (C=O) groups is 4. The summed E-state index contributed by atoms with van der Waals surface area (Å²) in [4.78, 5) is 62.2. The van der Waals surface area contributed by atoms with E-state index >= 15 is 4.79 Å². The van der Waals surface area contributed by atoms with Crippen molar-refractivity contribution < 1.29 is 63.0 Å². The van der Waals surface area contributed by atoms with Gasteiger partial charge in [-0.2, -0.15) is 5.06 Å². The van der Waals surface area contributed by atoms with Crippen LogP contribution in [0.25, 0.3) is 6.08 Å². The topological polar surface area (TPSA) is 212 Å². The number of hydrogen-bond donors (Lipinski definition) is 5. The summed E-state index contributed by atoms with van der Waals surface area (Å²) in [6.07, 6.45) is 5.32. The van der Waals surface area contributed by atoms with Gasteiger partial charge in [0.25, 0.3) is 0 Å². The first-order valence-electron chi connectivity index (χ1n) is 21.7. The molecule has 1 saturated carbocycles. The van der Waals surface area contributed by atoms with Crippen LogP contribution in [0.2, 0.25) is 0 Å². The van der Waals surface area contributed by atoms with Crippen LogP contribution in [0.4, 0.5) is 0 Å². The molecule has 3 aliphatic heterocycles. The van der Waals surface area contributed by atoms with E-state index in [1.54, 1.807) is 26.8 Å². The third-order valence-corrected chi connectivity index (χ3v) is 11.6. The molecule has 2 amide bonds. The molecule has 16 heteroatoms. The van der Waals surface area contributed by atoms with Crippen LogP contribution in [-0.4, -0.2) is 124 Å². The van der Waals surface area contributed by atoms with Gasteiger partial charge in [-0.05, 0) is 64.2 Å². The van der Waals surface area contributed by atoms with E-state index < -0.39 is 95.8 Å². The number of ether oxygens (including phenoxy) is 5. The summed E-state index contributed by atoms with van der Waals surface area (Å²) < 4.78 is 30.5. The smallest absolute Gasteiger partial charge is 0.327 e. The van der Waals surface area contributed by atoms with Gasteiger partial charge in [0.05, 0.1) is 38.2 Å². The monoisotopic (exact) mass is 845 g/mol. The number of unbranched alkanes of at least 4 members (excludes halogenated alkanes) is 4. The fourth-order valence-corrected chi connectivity index (χ4v) is 8.72. The number of hydrogen-bond acceptors (Lipinski definition) is 14. The van der Waals surface area contributed by atoms with Crippen molar-refractivity contribution in [1.29, 1.82) is 0 Å². The molecule has 3 saturated heterocycles. The first-order chi connectivity index (χ1) is 28.6. The largest absolute Gasteiger partial charge is 0.499 e. The fourth-order valence-electron chi connectivity index (χ4n) is 8.72. The Balaban J connectivity index is 1.44. The van der Waals surface area contributed by atoms with Crippen molar-refractivity contribution in [1.82, 2.24) is 15.7 Å². The molecule has 0 unspecified atom stereocenters. The third-order valence-electron chi connectivity index (χ3n) is 11.6. The summed E-state index contributed by atoms with van der Waals surface area (Å²) in [6.45, 7) is 10.5. The van der Waals surface area contributed by atoms with Crippen LogP contribution in [0.15, 0.2) is 30.5 Å². The van der Waals surface area contributed by atoms with E-state index in [1.807, 2.05) is 24.3 Å².